The van der Waals surface area contributed by atoms with Gasteiger partial charge in [-0.2, -0.15) is 0 Å². The van der Waals surface area contributed by atoms with Crippen LogP contribution in [0.15, 0.2) is 0 Å². The predicted molar refractivity (Wildman–Crippen MR) is 38.3 cm³/mol. The average molecular weight is 164 g/mol. The molecule has 1 fully saturated rings. The standard InChI is InChI=1S/C6H10ClNO2/c7-4-1-2-5(6(9)10)8-3-4/h4-5,8H,1-3H2,(H,9,10). The molecule has 2 unspecified atom stereocenters. The number of piperidine rings is 1. The van der Waals surface area contributed by atoms with Crippen LogP contribution in [0.3, 0.4) is 0 Å². The Hall–Kier alpha value is -0.280. The number of aliphatic carboxylic acids is 1. The van der Waals surface area contributed by atoms with E-state index in [1.165, 1.54) is 0 Å². The number of carbonyl (C=O) groups is 1. The van der Waals surface area contributed by atoms with Gasteiger partial charge < -0.3 is 10.4 Å². The summed E-state index contributed by atoms with van der Waals surface area (Å²) in [6, 6.07) is -0.380. The Bertz CT molecular complexity index is 132. The zero-order chi connectivity index (χ0) is 7.56. The molecule has 2 atom stereocenters. The molecule has 0 aromatic heterocycles. The second-order valence-electron chi connectivity index (χ2n) is 2.47. The second-order valence-corrected chi connectivity index (χ2v) is 3.09. The summed E-state index contributed by atoms with van der Waals surface area (Å²) < 4.78 is 0. The third kappa shape index (κ3) is 1.85. The molecule has 0 aliphatic carbocycles. The van der Waals surface area contributed by atoms with Crippen molar-refractivity contribution >= 4 is 17.6 Å². The normalized spacial score (nSPS) is 33.7. The first-order valence-electron chi connectivity index (χ1n) is 3.30. The third-order valence-corrected chi connectivity index (χ3v) is 2.02. The summed E-state index contributed by atoms with van der Waals surface area (Å²) in [5.74, 6) is -0.774. The van der Waals surface area contributed by atoms with Crippen molar-refractivity contribution in [1.29, 1.82) is 0 Å². The van der Waals surface area contributed by atoms with Crippen molar-refractivity contribution in [1.82, 2.24) is 5.32 Å². The van der Waals surface area contributed by atoms with Crippen LogP contribution < -0.4 is 5.32 Å². The number of halogens is 1. The summed E-state index contributed by atoms with van der Waals surface area (Å²) in [4.78, 5) is 10.4. The fourth-order valence-corrected chi connectivity index (χ4v) is 1.25. The summed E-state index contributed by atoms with van der Waals surface area (Å²) in [5.41, 5.74) is 0. The lowest BCUT2D eigenvalue weighted by Gasteiger charge is -2.22. The molecular formula is C6H10ClNO2. The summed E-state index contributed by atoms with van der Waals surface area (Å²) in [6.45, 7) is 0.610. The maximum atomic E-state index is 10.4. The molecule has 1 aliphatic heterocycles. The molecule has 1 aliphatic rings. The van der Waals surface area contributed by atoms with E-state index in [2.05, 4.69) is 5.32 Å². The molecule has 0 amide bonds. The van der Waals surface area contributed by atoms with Crippen LogP contribution in [-0.4, -0.2) is 29.0 Å². The molecule has 0 spiro atoms. The van der Waals surface area contributed by atoms with E-state index >= 15 is 0 Å². The van der Waals surface area contributed by atoms with Gasteiger partial charge in [0.15, 0.2) is 0 Å². The number of alkyl halides is 1. The van der Waals surface area contributed by atoms with Gasteiger partial charge in [-0.3, -0.25) is 4.79 Å². The Morgan fingerprint density at radius 3 is 2.70 bits per heavy atom. The Morgan fingerprint density at radius 2 is 2.30 bits per heavy atom. The van der Waals surface area contributed by atoms with E-state index in [0.717, 1.165) is 6.42 Å². The average Bonchev–Trinajstić information content (AvgIpc) is 1.88. The van der Waals surface area contributed by atoms with Crippen molar-refractivity contribution in [3.05, 3.63) is 0 Å². The van der Waals surface area contributed by atoms with Crippen LogP contribution >= 0.6 is 11.6 Å². The van der Waals surface area contributed by atoms with Gasteiger partial charge in [-0.05, 0) is 12.8 Å². The first kappa shape index (κ1) is 7.82. The zero-order valence-electron chi connectivity index (χ0n) is 5.51. The Morgan fingerprint density at radius 1 is 1.60 bits per heavy atom. The number of hydrogen-bond donors (Lipinski definition) is 2. The lowest BCUT2D eigenvalue weighted by Crippen LogP contribution is -2.44. The van der Waals surface area contributed by atoms with Crippen molar-refractivity contribution in [3.8, 4) is 0 Å². The minimum atomic E-state index is -0.774. The van der Waals surface area contributed by atoms with Crippen LogP contribution in [0.25, 0.3) is 0 Å². The molecule has 0 radical (unpaired) electrons. The monoisotopic (exact) mass is 163 g/mol. The molecule has 4 heteroatoms. The van der Waals surface area contributed by atoms with Gasteiger partial charge in [0.1, 0.15) is 6.04 Å². The predicted octanol–water partition coefficient (Wildman–Crippen LogP) is 0.430. The topological polar surface area (TPSA) is 49.3 Å². The summed E-state index contributed by atoms with van der Waals surface area (Å²) in [6.07, 6.45) is 1.44. The maximum Gasteiger partial charge on any atom is 0.320 e. The number of rotatable bonds is 1. The summed E-state index contributed by atoms with van der Waals surface area (Å²) in [7, 11) is 0. The van der Waals surface area contributed by atoms with Gasteiger partial charge in [-0.15, -0.1) is 11.6 Å². The van der Waals surface area contributed by atoms with Crippen molar-refractivity contribution < 1.29 is 9.90 Å². The van der Waals surface area contributed by atoms with Gasteiger partial charge in [0.05, 0.1) is 0 Å². The second kappa shape index (κ2) is 3.21. The lowest BCUT2D eigenvalue weighted by atomic mass is 10.1. The van der Waals surface area contributed by atoms with Crippen molar-refractivity contribution in [2.75, 3.05) is 6.54 Å². The SMILES string of the molecule is O=C(O)C1CCC(Cl)CN1. The molecule has 10 heavy (non-hydrogen) atoms. The summed E-state index contributed by atoms with van der Waals surface area (Å²) >= 11 is 5.73. The molecule has 0 aromatic carbocycles. The van der Waals surface area contributed by atoms with Crippen molar-refractivity contribution in [2.45, 2.75) is 24.3 Å². The molecule has 3 nitrogen and oxygen atoms in total. The minimum absolute atomic E-state index is 0.107. The number of carboxylic acid groups (broad SMARTS) is 1. The van der Waals surface area contributed by atoms with Crippen LogP contribution in [0.5, 0.6) is 0 Å². The molecule has 0 bridgehead atoms. The first-order chi connectivity index (χ1) is 4.70. The minimum Gasteiger partial charge on any atom is -0.480 e. The highest BCUT2D eigenvalue weighted by Crippen LogP contribution is 2.12. The van der Waals surface area contributed by atoms with E-state index in [9.17, 15) is 4.79 Å². The van der Waals surface area contributed by atoms with Crippen LogP contribution in [0, 0.1) is 0 Å². The summed E-state index contributed by atoms with van der Waals surface area (Å²) in [5, 5.41) is 11.5. The highest BCUT2D eigenvalue weighted by Gasteiger charge is 2.23. The smallest absolute Gasteiger partial charge is 0.320 e. The van der Waals surface area contributed by atoms with E-state index in [0.29, 0.717) is 13.0 Å². The van der Waals surface area contributed by atoms with Crippen LogP contribution in [0.4, 0.5) is 0 Å². The highest BCUT2D eigenvalue weighted by atomic mass is 35.5. The largest absolute Gasteiger partial charge is 0.480 e. The molecule has 0 saturated carbocycles. The van der Waals surface area contributed by atoms with Gasteiger partial charge in [0.2, 0.25) is 0 Å². The Labute approximate surface area is 64.4 Å². The van der Waals surface area contributed by atoms with Crippen LogP contribution in [0.2, 0.25) is 0 Å². The molecular weight excluding hydrogens is 154 g/mol. The fourth-order valence-electron chi connectivity index (χ4n) is 1.03. The molecule has 0 aromatic rings. The van der Waals surface area contributed by atoms with E-state index in [1.54, 1.807) is 0 Å². The lowest BCUT2D eigenvalue weighted by molar-refractivity contribution is -0.140. The van der Waals surface area contributed by atoms with E-state index in [1.807, 2.05) is 0 Å². The Balaban J connectivity index is 2.33. The maximum absolute atomic E-state index is 10.4. The van der Waals surface area contributed by atoms with E-state index in [-0.39, 0.29) is 11.4 Å². The van der Waals surface area contributed by atoms with Gasteiger partial charge in [-0.25, -0.2) is 0 Å². The number of hydrogen-bond acceptors (Lipinski definition) is 2. The number of carboxylic acids is 1. The highest BCUT2D eigenvalue weighted by molar-refractivity contribution is 6.20. The molecule has 2 N–H and O–H groups in total. The fraction of sp³-hybridized carbons (Fsp3) is 0.833. The molecule has 1 saturated heterocycles. The van der Waals surface area contributed by atoms with Gasteiger partial charge in [0, 0.05) is 11.9 Å². The van der Waals surface area contributed by atoms with E-state index in [4.69, 9.17) is 16.7 Å². The Kier molecular flexibility index (Phi) is 2.51. The van der Waals surface area contributed by atoms with Gasteiger partial charge in [0.25, 0.3) is 0 Å². The quantitative estimate of drug-likeness (QED) is 0.552. The molecule has 1 heterocycles. The van der Waals surface area contributed by atoms with Crippen LogP contribution in [-0.2, 0) is 4.79 Å². The number of nitrogens with one attached hydrogen (secondary N) is 1. The molecule has 1 rings (SSSR count). The molecule has 58 valence electrons. The van der Waals surface area contributed by atoms with Gasteiger partial charge in [-0.1, -0.05) is 0 Å². The van der Waals surface area contributed by atoms with Crippen molar-refractivity contribution in [2.24, 2.45) is 0 Å². The van der Waals surface area contributed by atoms with Gasteiger partial charge >= 0.3 is 5.97 Å². The van der Waals surface area contributed by atoms with E-state index < -0.39 is 5.97 Å². The van der Waals surface area contributed by atoms with Crippen molar-refractivity contribution in [3.63, 3.8) is 0 Å². The first-order valence-corrected chi connectivity index (χ1v) is 3.74. The zero-order valence-corrected chi connectivity index (χ0v) is 6.27. The van der Waals surface area contributed by atoms with Crippen LogP contribution in [0.1, 0.15) is 12.8 Å². The third-order valence-electron chi connectivity index (χ3n) is 1.65.